The van der Waals surface area contributed by atoms with E-state index in [0.29, 0.717) is 0 Å². The van der Waals surface area contributed by atoms with Crippen LogP contribution in [0.4, 0.5) is 0 Å². The SMILES string of the molecule is C(=C1/C(=C\c2ccccc2)CCC/C1=C\c1ccccc1)c1ccccc1. The van der Waals surface area contributed by atoms with Crippen molar-refractivity contribution in [3.63, 3.8) is 0 Å². The molecule has 0 aromatic heterocycles. The summed E-state index contributed by atoms with van der Waals surface area (Å²) in [4.78, 5) is 0. The predicted molar refractivity (Wildman–Crippen MR) is 117 cm³/mol. The second-order valence-electron chi connectivity index (χ2n) is 6.98. The van der Waals surface area contributed by atoms with Crippen LogP contribution in [0.1, 0.15) is 36.0 Å². The molecule has 132 valence electrons. The van der Waals surface area contributed by atoms with Crippen LogP contribution in [0.25, 0.3) is 18.2 Å². The fraction of sp³-hybridized carbons (Fsp3) is 0.111. The van der Waals surface area contributed by atoms with Gasteiger partial charge in [-0.3, -0.25) is 0 Å². The number of benzene rings is 3. The van der Waals surface area contributed by atoms with E-state index in [1.165, 1.54) is 39.8 Å². The Morgan fingerprint density at radius 1 is 0.444 bits per heavy atom. The highest BCUT2D eigenvalue weighted by Gasteiger charge is 2.17. The molecular weight excluding hydrogens is 324 g/mol. The fourth-order valence-electron chi connectivity index (χ4n) is 3.65. The molecule has 3 aromatic rings. The van der Waals surface area contributed by atoms with Crippen molar-refractivity contribution in [1.82, 2.24) is 0 Å². The highest BCUT2D eigenvalue weighted by atomic mass is 14.2. The molecule has 1 fully saturated rings. The van der Waals surface area contributed by atoms with E-state index in [4.69, 9.17) is 0 Å². The lowest BCUT2D eigenvalue weighted by Gasteiger charge is -2.23. The van der Waals surface area contributed by atoms with E-state index >= 15 is 0 Å². The van der Waals surface area contributed by atoms with Gasteiger partial charge < -0.3 is 0 Å². The van der Waals surface area contributed by atoms with Gasteiger partial charge in [-0.2, -0.15) is 0 Å². The maximum absolute atomic E-state index is 2.35. The van der Waals surface area contributed by atoms with Crippen LogP contribution in [-0.4, -0.2) is 0 Å². The monoisotopic (exact) mass is 348 g/mol. The molecule has 0 unspecified atom stereocenters. The number of hydrogen-bond donors (Lipinski definition) is 0. The number of hydrogen-bond acceptors (Lipinski definition) is 0. The summed E-state index contributed by atoms with van der Waals surface area (Å²) < 4.78 is 0. The van der Waals surface area contributed by atoms with Gasteiger partial charge in [-0.1, -0.05) is 103 Å². The van der Waals surface area contributed by atoms with E-state index < -0.39 is 0 Å². The van der Waals surface area contributed by atoms with Gasteiger partial charge >= 0.3 is 0 Å². The molecule has 0 saturated heterocycles. The lowest BCUT2D eigenvalue weighted by Crippen LogP contribution is -2.03. The summed E-state index contributed by atoms with van der Waals surface area (Å²) in [7, 11) is 0. The van der Waals surface area contributed by atoms with Crippen LogP contribution in [-0.2, 0) is 0 Å². The summed E-state index contributed by atoms with van der Waals surface area (Å²) in [6.07, 6.45) is 10.5. The Balaban J connectivity index is 1.80. The Hall–Kier alpha value is -3.12. The number of allylic oxidation sites excluding steroid dienone is 3. The van der Waals surface area contributed by atoms with E-state index in [1.54, 1.807) is 0 Å². The normalized spacial score (nSPS) is 18.9. The van der Waals surface area contributed by atoms with Crippen molar-refractivity contribution in [3.05, 3.63) is 124 Å². The maximum atomic E-state index is 2.35. The van der Waals surface area contributed by atoms with Crippen molar-refractivity contribution in [2.45, 2.75) is 19.3 Å². The average molecular weight is 348 g/mol. The van der Waals surface area contributed by atoms with E-state index in [1.807, 2.05) is 0 Å². The summed E-state index contributed by atoms with van der Waals surface area (Å²) in [5.74, 6) is 0. The second-order valence-corrected chi connectivity index (χ2v) is 6.98. The van der Waals surface area contributed by atoms with E-state index in [-0.39, 0.29) is 0 Å². The van der Waals surface area contributed by atoms with E-state index in [2.05, 4.69) is 109 Å². The highest BCUT2D eigenvalue weighted by Crippen LogP contribution is 2.37. The van der Waals surface area contributed by atoms with Gasteiger partial charge in [0.25, 0.3) is 0 Å². The predicted octanol–water partition coefficient (Wildman–Crippen LogP) is 7.42. The van der Waals surface area contributed by atoms with Crippen molar-refractivity contribution in [2.75, 3.05) is 0 Å². The third kappa shape index (κ3) is 4.54. The van der Waals surface area contributed by atoms with Crippen LogP contribution < -0.4 is 0 Å². The van der Waals surface area contributed by atoms with E-state index in [9.17, 15) is 0 Å². The molecule has 0 heteroatoms. The molecule has 4 rings (SSSR count). The van der Waals surface area contributed by atoms with Crippen molar-refractivity contribution in [2.24, 2.45) is 0 Å². The standard InChI is InChI=1S/C27H24/c1-4-11-22(12-5-1)19-25-17-10-18-26(20-23-13-6-2-7-14-23)27(25)21-24-15-8-3-9-16-24/h1-9,11-16,19-21H,10,17-18H2/b25-19-,26-20+,27-21?. The lowest BCUT2D eigenvalue weighted by molar-refractivity contribution is 0.783. The van der Waals surface area contributed by atoms with Crippen molar-refractivity contribution in [3.8, 4) is 0 Å². The molecule has 1 aliphatic carbocycles. The van der Waals surface area contributed by atoms with Crippen molar-refractivity contribution in [1.29, 1.82) is 0 Å². The molecule has 0 atom stereocenters. The topological polar surface area (TPSA) is 0 Å². The number of rotatable bonds is 3. The molecule has 0 spiro atoms. The van der Waals surface area contributed by atoms with Crippen LogP contribution in [0.2, 0.25) is 0 Å². The summed E-state index contributed by atoms with van der Waals surface area (Å²) in [5.41, 5.74) is 8.03. The Morgan fingerprint density at radius 2 is 0.815 bits per heavy atom. The average Bonchev–Trinajstić information content (AvgIpc) is 2.73. The molecular formula is C27H24. The molecule has 0 amide bonds. The molecule has 1 aliphatic rings. The largest absolute Gasteiger partial charge is 0.0622 e. The molecule has 1 saturated carbocycles. The van der Waals surface area contributed by atoms with Crippen LogP contribution in [0.15, 0.2) is 108 Å². The van der Waals surface area contributed by atoms with Gasteiger partial charge in [-0.05, 0) is 58.7 Å². The minimum absolute atomic E-state index is 1.12. The minimum atomic E-state index is 1.12. The minimum Gasteiger partial charge on any atom is -0.0622 e. The zero-order valence-corrected chi connectivity index (χ0v) is 15.5. The first-order valence-electron chi connectivity index (χ1n) is 9.67. The second kappa shape index (κ2) is 8.51. The molecule has 0 aliphatic heterocycles. The third-order valence-corrected chi connectivity index (χ3v) is 4.98. The van der Waals surface area contributed by atoms with Gasteiger partial charge in [0.05, 0.1) is 0 Å². The zero-order chi connectivity index (χ0) is 18.3. The molecule has 0 radical (unpaired) electrons. The van der Waals surface area contributed by atoms with Gasteiger partial charge in [0.1, 0.15) is 0 Å². The fourth-order valence-corrected chi connectivity index (χ4v) is 3.65. The van der Waals surface area contributed by atoms with Crippen molar-refractivity contribution < 1.29 is 0 Å². The smallest absolute Gasteiger partial charge is 0.0186 e. The zero-order valence-electron chi connectivity index (χ0n) is 15.5. The van der Waals surface area contributed by atoms with Gasteiger partial charge in [-0.15, -0.1) is 0 Å². The molecule has 3 aromatic carbocycles. The van der Waals surface area contributed by atoms with E-state index in [0.717, 1.165) is 12.8 Å². The van der Waals surface area contributed by atoms with Crippen molar-refractivity contribution >= 4 is 18.2 Å². The quantitative estimate of drug-likeness (QED) is 0.462. The van der Waals surface area contributed by atoms with Gasteiger partial charge in [0.15, 0.2) is 0 Å². The Bertz CT molecular complexity index is 899. The molecule has 27 heavy (non-hydrogen) atoms. The molecule has 0 nitrogen and oxygen atoms in total. The summed E-state index contributed by atoms with van der Waals surface area (Å²) in [6, 6.07) is 32.0. The Morgan fingerprint density at radius 3 is 1.22 bits per heavy atom. The van der Waals surface area contributed by atoms with Gasteiger partial charge in [0, 0.05) is 0 Å². The summed E-state index contributed by atoms with van der Waals surface area (Å²) in [6.45, 7) is 0. The molecule has 0 bridgehead atoms. The highest BCUT2D eigenvalue weighted by molar-refractivity contribution is 5.76. The first kappa shape index (κ1) is 17.3. The lowest BCUT2D eigenvalue weighted by atomic mass is 9.82. The maximum Gasteiger partial charge on any atom is -0.0186 e. The third-order valence-electron chi connectivity index (χ3n) is 4.98. The summed E-state index contributed by atoms with van der Waals surface area (Å²) >= 11 is 0. The van der Waals surface area contributed by atoms with Crippen LogP contribution >= 0.6 is 0 Å². The Kier molecular flexibility index (Phi) is 5.45. The van der Waals surface area contributed by atoms with Gasteiger partial charge in [0.2, 0.25) is 0 Å². The van der Waals surface area contributed by atoms with Gasteiger partial charge in [-0.25, -0.2) is 0 Å². The Labute approximate surface area is 162 Å². The van der Waals surface area contributed by atoms with Crippen LogP contribution in [0, 0.1) is 0 Å². The molecule has 0 N–H and O–H groups in total. The first-order valence-corrected chi connectivity index (χ1v) is 9.67. The van der Waals surface area contributed by atoms with Crippen LogP contribution in [0.5, 0.6) is 0 Å². The summed E-state index contributed by atoms with van der Waals surface area (Å²) in [5, 5.41) is 0. The molecule has 0 heterocycles. The first-order chi connectivity index (χ1) is 13.4. The van der Waals surface area contributed by atoms with Crippen LogP contribution in [0.3, 0.4) is 0 Å².